The quantitative estimate of drug-likeness (QED) is 0.658. The Balaban J connectivity index is 1.25. The van der Waals surface area contributed by atoms with E-state index >= 15 is 0 Å². The van der Waals surface area contributed by atoms with E-state index in [4.69, 9.17) is 0 Å². The lowest BCUT2D eigenvalue weighted by Crippen LogP contribution is -2.33. The molecule has 2 N–H and O–H groups in total. The van der Waals surface area contributed by atoms with E-state index in [-0.39, 0.29) is 30.1 Å². The molecule has 0 aromatic heterocycles. The van der Waals surface area contributed by atoms with E-state index in [0.717, 1.165) is 23.6 Å². The number of nitrogens with one attached hydrogen (secondary N) is 2. The van der Waals surface area contributed by atoms with E-state index in [9.17, 15) is 14.4 Å². The Morgan fingerprint density at radius 2 is 1.72 bits per heavy atom. The third-order valence-corrected chi connectivity index (χ3v) is 6.39. The van der Waals surface area contributed by atoms with Gasteiger partial charge in [0, 0.05) is 31.6 Å². The van der Waals surface area contributed by atoms with Crippen molar-refractivity contribution in [2.24, 2.45) is 11.8 Å². The molecule has 2 saturated heterocycles. The maximum Gasteiger partial charge on any atom is 0.251 e. The number of amides is 3. The van der Waals surface area contributed by atoms with Gasteiger partial charge in [0.2, 0.25) is 11.8 Å². The number of carbonyl (C=O) groups excluding carboxylic acids is 3. The average molecular weight is 434 g/mol. The number of benzene rings is 2. The smallest absolute Gasteiger partial charge is 0.251 e. The first-order valence-electron chi connectivity index (χ1n) is 11.5. The van der Waals surface area contributed by atoms with Crippen LogP contribution >= 0.6 is 0 Å². The van der Waals surface area contributed by atoms with Crippen molar-refractivity contribution in [3.63, 3.8) is 0 Å². The Hall–Kier alpha value is -2.99. The number of likely N-dealkylation sites (tertiary alicyclic amines) is 1. The molecular weight excluding hydrogens is 402 g/mol. The molecule has 2 unspecified atom stereocenters. The second-order valence-electron chi connectivity index (χ2n) is 9.20. The number of hydrogen-bond acceptors (Lipinski definition) is 4. The summed E-state index contributed by atoms with van der Waals surface area (Å²) in [6, 6.07) is 15.7. The Labute approximate surface area is 189 Å². The molecule has 2 aliphatic heterocycles. The van der Waals surface area contributed by atoms with Crippen molar-refractivity contribution < 1.29 is 14.4 Å². The second-order valence-corrected chi connectivity index (χ2v) is 9.20. The summed E-state index contributed by atoms with van der Waals surface area (Å²) in [5.41, 5.74) is 3.90. The lowest BCUT2D eigenvalue weighted by atomic mass is 9.97. The van der Waals surface area contributed by atoms with Gasteiger partial charge < -0.3 is 5.32 Å². The predicted octanol–water partition coefficient (Wildman–Crippen LogP) is 3.05. The van der Waals surface area contributed by atoms with Crippen molar-refractivity contribution in [2.75, 3.05) is 13.1 Å². The van der Waals surface area contributed by atoms with E-state index in [1.165, 1.54) is 31.5 Å². The first kappa shape index (κ1) is 22.2. The molecule has 2 aromatic rings. The van der Waals surface area contributed by atoms with Gasteiger partial charge in [-0.25, -0.2) is 0 Å². The summed E-state index contributed by atoms with van der Waals surface area (Å²) in [5.74, 6) is -0.0997. The number of piperidine rings is 1. The summed E-state index contributed by atoms with van der Waals surface area (Å²) in [6.45, 7) is 6.13. The average Bonchev–Trinajstić information content (AvgIpc) is 3.10. The molecule has 4 rings (SSSR count). The molecule has 0 radical (unpaired) electrons. The topological polar surface area (TPSA) is 78.5 Å². The first-order chi connectivity index (χ1) is 15.5. The van der Waals surface area contributed by atoms with Crippen LogP contribution in [0.2, 0.25) is 0 Å². The van der Waals surface area contributed by atoms with Gasteiger partial charge in [0.25, 0.3) is 5.91 Å². The molecule has 0 saturated carbocycles. The minimum atomic E-state index is -0.316. The van der Waals surface area contributed by atoms with Gasteiger partial charge in [-0.05, 0) is 60.5 Å². The summed E-state index contributed by atoms with van der Waals surface area (Å²) in [6.07, 6.45) is 3.34. The molecule has 168 valence electrons. The highest BCUT2D eigenvalue weighted by molar-refractivity contribution is 6.03. The van der Waals surface area contributed by atoms with Crippen LogP contribution in [0.15, 0.2) is 48.5 Å². The standard InChI is InChI=1S/C26H31N3O3/c1-18-3-2-12-29(16-18)17-21-6-4-20(5-7-21)15-27-25(31)22-10-8-19(9-11-22)13-23-14-24(30)28-26(23)32/h4-11,18,23H,2-3,12-17H2,1H3,(H,27,31)(H,28,30,32). The van der Waals surface area contributed by atoms with Crippen molar-refractivity contribution in [1.82, 2.24) is 15.5 Å². The van der Waals surface area contributed by atoms with E-state index < -0.39 is 0 Å². The molecule has 32 heavy (non-hydrogen) atoms. The van der Waals surface area contributed by atoms with E-state index in [2.05, 4.69) is 46.7 Å². The fraction of sp³-hybridized carbons (Fsp3) is 0.423. The van der Waals surface area contributed by atoms with E-state index in [1.54, 1.807) is 12.1 Å². The van der Waals surface area contributed by atoms with Crippen molar-refractivity contribution in [3.8, 4) is 0 Å². The highest BCUT2D eigenvalue weighted by Gasteiger charge is 2.30. The monoisotopic (exact) mass is 433 g/mol. The highest BCUT2D eigenvalue weighted by Crippen LogP contribution is 2.19. The molecule has 2 fully saturated rings. The minimum absolute atomic E-state index is 0.128. The van der Waals surface area contributed by atoms with Crippen molar-refractivity contribution in [3.05, 3.63) is 70.8 Å². The summed E-state index contributed by atoms with van der Waals surface area (Å²) < 4.78 is 0. The van der Waals surface area contributed by atoms with Crippen LogP contribution in [0.3, 0.4) is 0 Å². The van der Waals surface area contributed by atoms with Crippen molar-refractivity contribution in [1.29, 1.82) is 0 Å². The van der Waals surface area contributed by atoms with Crippen LogP contribution in [0, 0.1) is 11.8 Å². The van der Waals surface area contributed by atoms with Gasteiger partial charge >= 0.3 is 0 Å². The van der Waals surface area contributed by atoms with E-state index in [0.29, 0.717) is 18.5 Å². The van der Waals surface area contributed by atoms with Gasteiger partial charge in [0.15, 0.2) is 0 Å². The maximum absolute atomic E-state index is 12.5. The highest BCUT2D eigenvalue weighted by atomic mass is 16.2. The lowest BCUT2D eigenvalue weighted by molar-refractivity contribution is -0.125. The van der Waals surface area contributed by atoms with Gasteiger partial charge in [-0.3, -0.25) is 24.6 Å². The molecule has 2 aromatic carbocycles. The van der Waals surface area contributed by atoms with Gasteiger partial charge in [0.05, 0.1) is 5.92 Å². The van der Waals surface area contributed by atoms with E-state index in [1.807, 2.05) is 12.1 Å². The van der Waals surface area contributed by atoms with Crippen LogP contribution in [-0.2, 0) is 29.1 Å². The summed E-state index contributed by atoms with van der Waals surface area (Å²) in [7, 11) is 0. The fourth-order valence-electron chi connectivity index (χ4n) is 4.58. The molecule has 0 aliphatic carbocycles. The molecule has 2 atom stereocenters. The van der Waals surface area contributed by atoms with Crippen LogP contribution in [0.1, 0.15) is 53.2 Å². The molecule has 0 bridgehead atoms. The predicted molar refractivity (Wildman–Crippen MR) is 123 cm³/mol. The molecular formula is C26H31N3O3. The number of nitrogens with zero attached hydrogens (tertiary/aromatic N) is 1. The zero-order valence-corrected chi connectivity index (χ0v) is 18.6. The molecule has 6 heteroatoms. The maximum atomic E-state index is 12.5. The normalized spacial score (nSPS) is 21.4. The SMILES string of the molecule is CC1CCCN(Cc2ccc(CNC(=O)c3ccc(CC4CC(=O)NC4=O)cc3)cc2)C1. The van der Waals surface area contributed by atoms with Gasteiger partial charge in [0.1, 0.15) is 0 Å². The first-order valence-corrected chi connectivity index (χ1v) is 11.5. The third-order valence-electron chi connectivity index (χ3n) is 6.39. The van der Waals surface area contributed by atoms with Crippen molar-refractivity contribution in [2.45, 2.75) is 45.7 Å². The Morgan fingerprint density at radius 3 is 2.38 bits per heavy atom. The third kappa shape index (κ3) is 5.82. The molecule has 0 spiro atoms. The summed E-state index contributed by atoms with van der Waals surface area (Å²) >= 11 is 0. The zero-order chi connectivity index (χ0) is 22.5. The zero-order valence-electron chi connectivity index (χ0n) is 18.6. The van der Waals surface area contributed by atoms with Crippen LogP contribution in [0.4, 0.5) is 0 Å². The molecule has 2 aliphatic rings. The number of hydrogen-bond donors (Lipinski definition) is 2. The summed E-state index contributed by atoms with van der Waals surface area (Å²) in [5, 5.41) is 5.30. The number of carbonyl (C=O) groups is 3. The molecule has 6 nitrogen and oxygen atoms in total. The van der Waals surface area contributed by atoms with Gasteiger partial charge in [-0.15, -0.1) is 0 Å². The molecule has 2 heterocycles. The van der Waals surface area contributed by atoms with Gasteiger partial charge in [-0.1, -0.05) is 43.3 Å². The Bertz CT molecular complexity index is 969. The summed E-state index contributed by atoms with van der Waals surface area (Å²) in [4.78, 5) is 38.1. The second kappa shape index (κ2) is 10.1. The number of imide groups is 1. The van der Waals surface area contributed by atoms with Crippen LogP contribution in [0.25, 0.3) is 0 Å². The van der Waals surface area contributed by atoms with Crippen molar-refractivity contribution >= 4 is 17.7 Å². The van der Waals surface area contributed by atoms with Crippen LogP contribution < -0.4 is 10.6 Å². The number of rotatable bonds is 7. The van der Waals surface area contributed by atoms with Crippen LogP contribution in [-0.4, -0.2) is 35.7 Å². The van der Waals surface area contributed by atoms with Gasteiger partial charge in [-0.2, -0.15) is 0 Å². The molecule has 3 amide bonds. The Kier molecular flexibility index (Phi) is 7.00. The minimum Gasteiger partial charge on any atom is -0.348 e. The largest absolute Gasteiger partial charge is 0.348 e. The lowest BCUT2D eigenvalue weighted by Gasteiger charge is -2.30. The fourth-order valence-corrected chi connectivity index (χ4v) is 4.58. The van der Waals surface area contributed by atoms with Crippen LogP contribution in [0.5, 0.6) is 0 Å². The Morgan fingerprint density at radius 1 is 1.03 bits per heavy atom.